The molecule has 0 unspecified atom stereocenters. The van der Waals surface area contributed by atoms with Crippen molar-refractivity contribution in [3.8, 4) is 0 Å². The molecule has 2 aromatic carbocycles. The molecule has 2 N–H and O–H groups in total. The molecule has 3 nitrogen and oxygen atoms in total. The Kier molecular flexibility index (Phi) is 3.02. The normalized spacial score (nSPS) is 28.2. The molecule has 4 rings (SSSR count). The summed E-state index contributed by atoms with van der Waals surface area (Å²) in [6.07, 6.45) is 0.865. The van der Waals surface area contributed by atoms with Gasteiger partial charge in [-0.3, -0.25) is 4.79 Å². The summed E-state index contributed by atoms with van der Waals surface area (Å²) in [6.45, 7) is 4.35. The lowest BCUT2D eigenvalue weighted by Crippen LogP contribution is -2.46. The number of fused-ring (bicyclic) bond motifs is 5. The highest BCUT2D eigenvalue weighted by Crippen LogP contribution is 2.57. The number of nitrogens with one attached hydrogen (secondary N) is 2. The van der Waals surface area contributed by atoms with Crippen LogP contribution in [-0.2, 0) is 4.79 Å². The Labute approximate surface area is 137 Å². The second kappa shape index (κ2) is 4.85. The van der Waals surface area contributed by atoms with Crippen molar-refractivity contribution in [2.75, 3.05) is 17.7 Å². The minimum Gasteiger partial charge on any atom is -0.388 e. The summed E-state index contributed by atoms with van der Waals surface area (Å²) in [4.78, 5) is 12.9. The van der Waals surface area contributed by atoms with Gasteiger partial charge in [0.15, 0.2) is 0 Å². The van der Waals surface area contributed by atoms with Crippen LogP contribution in [-0.4, -0.2) is 13.0 Å². The maximum absolute atomic E-state index is 12.9. The summed E-state index contributed by atoms with van der Waals surface area (Å²) in [7, 11) is 1.97. The smallest absolute Gasteiger partial charge is 0.231 e. The Morgan fingerprint density at radius 2 is 1.87 bits per heavy atom. The zero-order valence-corrected chi connectivity index (χ0v) is 13.8. The number of para-hydroxylation sites is 1. The highest BCUT2D eigenvalue weighted by molar-refractivity contribution is 6.00. The molecule has 0 bridgehead atoms. The van der Waals surface area contributed by atoms with Crippen LogP contribution >= 0.6 is 0 Å². The zero-order chi connectivity index (χ0) is 16.2. The van der Waals surface area contributed by atoms with Crippen LogP contribution in [0.25, 0.3) is 0 Å². The van der Waals surface area contributed by atoms with E-state index in [2.05, 4.69) is 54.8 Å². The molecule has 2 aromatic rings. The third kappa shape index (κ3) is 1.86. The minimum atomic E-state index is -0.396. The number of carbonyl (C=O) groups is 1. The number of carbonyl (C=O) groups excluding carboxylic acids is 1. The fourth-order valence-corrected chi connectivity index (χ4v) is 4.66. The maximum atomic E-state index is 12.9. The fourth-order valence-electron chi connectivity index (χ4n) is 4.66. The van der Waals surface area contributed by atoms with E-state index < -0.39 is 5.41 Å². The lowest BCUT2D eigenvalue weighted by molar-refractivity contribution is -0.127. The van der Waals surface area contributed by atoms with Crippen molar-refractivity contribution in [1.29, 1.82) is 0 Å². The molecule has 1 aliphatic heterocycles. The predicted molar refractivity (Wildman–Crippen MR) is 94.0 cm³/mol. The van der Waals surface area contributed by atoms with E-state index in [9.17, 15) is 4.79 Å². The number of rotatable bonds is 1. The van der Waals surface area contributed by atoms with Crippen LogP contribution in [0.1, 0.15) is 48.8 Å². The van der Waals surface area contributed by atoms with E-state index in [1.165, 1.54) is 22.4 Å². The zero-order valence-electron chi connectivity index (χ0n) is 13.8. The predicted octanol–water partition coefficient (Wildman–Crippen LogP) is 4.33. The maximum Gasteiger partial charge on any atom is 0.231 e. The second-order valence-corrected chi connectivity index (χ2v) is 7.06. The summed E-state index contributed by atoms with van der Waals surface area (Å²) in [5.74, 6) is 0.617. The van der Waals surface area contributed by atoms with Crippen LogP contribution in [0, 0.1) is 5.41 Å². The summed E-state index contributed by atoms with van der Waals surface area (Å²) in [5, 5.41) is 6.45. The third-order valence-corrected chi connectivity index (χ3v) is 5.62. The first-order valence-electron chi connectivity index (χ1n) is 8.27. The summed E-state index contributed by atoms with van der Waals surface area (Å²) in [5.41, 5.74) is 5.63. The second-order valence-electron chi connectivity index (χ2n) is 7.06. The lowest BCUT2D eigenvalue weighted by atomic mass is 9.57. The Morgan fingerprint density at radius 1 is 1.13 bits per heavy atom. The number of hydrogen-bond acceptors (Lipinski definition) is 2. The Morgan fingerprint density at radius 3 is 2.65 bits per heavy atom. The SMILES string of the molecule is CNc1cccc2c1[C@@H](C)C[C@@]1(C)C(=O)Nc3ccccc3[C@@H]21. The molecule has 0 saturated heterocycles. The van der Waals surface area contributed by atoms with Gasteiger partial charge in [0.25, 0.3) is 0 Å². The molecule has 0 saturated carbocycles. The molecule has 0 fully saturated rings. The van der Waals surface area contributed by atoms with Gasteiger partial charge in [-0.1, -0.05) is 37.3 Å². The van der Waals surface area contributed by atoms with Crippen LogP contribution in [0.2, 0.25) is 0 Å². The minimum absolute atomic E-state index is 0.118. The van der Waals surface area contributed by atoms with Crippen LogP contribution < -0.4 is 10.6 Å². The molecule has 2 aliphatic rings. The summed E-state index contributed by atoms with van der Waals surface area (Å²) >= 11 is 0. The molecule has 0 spiro atoms. The van der Waals surface area contributed by atoms with Gasteiger partial charge in [-0.15, -0.1) is 0 Å². The van der Waals surface area contributed by atoms with Gasteiger partial charge in [0.1, 0.15) is 0 Å². The summed E-state index contributed by atoms with van der Waals surface area (Å²) in [6, 6.07) is 14.6. The van der Waals surface area contributed by atoms with E-state index in [1.807, 2.05) is 19.2 Å². The lowest BCUT2D eigenvalue weighted by Gasteiger charge is -2.48. The molecule has 23 heavy (non-hydrogen) atoms. The monoisotopic (exact) mass is 306 g/mol. The highest BCUT2D eigenvalue weighted by Gasteiger charge is 2.51. The Hall–Kier alpha value is -2.29. The van der Waals surface area contributed by atoms with E-state index in [0.717, 1.165) is 12.1 Å². The van der Waals surface area contributed by atoms with E-state index in [4.69, 9.17) is 0 Å². The van der Waals surface area contributed by atoms with Crippen molar-refractivity contribution < 1.29 is 4.79 Å². The average Bonchev–Trinajstić information content (AvgIpc) is 2.55. The van der Waals surface area contributed by atoms with Crippen molar-refractivity contribution in [1.82, 2.24) is 0 Å². The van der Waals surface area contributed by atoms with Crippen molar-refractivity contribution in [3.63, 3.8) is 0 Å². The first-order valence-corrected chi connectivity index (χ1v) is 8.27. The molecule has 1 heterocycles. The topological polar surface area (TPSA) is 41.1 Å². The molecule has 3 atom stereocenters. The van der Waals surface area contributed by atoms with Crippen LogP contribution in [0.3, 0.4) is 0 Å². The molecule has 1 amide bonds. The quantitative estimate of drug-likeness (QED) is 0.823. The van der Waals surface area contributed by atoms with Crippen LogP contribution in [0.5, 0.6) is 0 Å². The third-order valence-electron chi connectivity index (χ3n) is 5.62. The van der Waals surface area contributed by atoms with E-state index in [0.29, 0.717) is 5.92 Å². The molecule has 118 valence electrons. The molecule has 1 aliphatic carbocycles. The first-order chi connectivity index (χ1) is 11.1. The summed E-state index contributed by atoms with van der Waals surface area (Å²) < 4.78 is 0. The number of benzene rings is 2. The molecule has 0 radical (unpaired) electrons. The molecular formula is C20H22N2O. The van der Waals surface area contributed by atoms with Gasteiger partial charge in [-0.25, -0.2) is 0 Å². The van der Waals surface area contributed by atoms with Crippen molar-refractivity contribution >= 4 is 17.3 Å². The number of anilines is 2. The van der Waals surface area contributed by atoms with Gasteiger partial charge in [0.05, 0.1) is 5.41 Å². The van der Waals surface area contributed by atoms with E-state index >= 15 is 0 Å². The van der Waals surface area contributed by atoms with Gasteiger partial charge in [-0.05, 0) is 48.1 Å². The van der Waals surface area contributed by atoms with Crippen LogP contribution in [0.15, 0.2) is 42.5 Å². The average molecular weight is 306 g/mol. The van der Waals surface area contributed by atoms with Crippen molar-refractivity contribution in [3.05, 3.63) is 59.2 Å². The number of hydrogen-bond donors (Lipinski definition) is 2. The van der Waals surface area contributed by atoms with Crippen molar-refractivity contribution in [2.45, 2.75) is 32.1 Å². The van der Waals surface area contributed by atoms with Gasteiger partial charge >= 0.3 is 0 Å². The van der Waals surface area contributed by atoms with Gasteiger partial charge < -0.3 is 10.6 Å². The molecule has 3 heteroatoms. The first kappa shape index (κ1) is 14.3. The Balaban J connectivity index is 2.02. The van der Waals surface area contributed by atoms with Gasteiger partial charge in [-0.2, -0.15) is 0 Å². The van der Waals surface area contributed by atoms with Crippen LogP contribution in [0.4, 0.5) is 11.4 Å². The fraction of sp³-hybridized carbons (Fsp3) is 0.350. The Bertz CT molecular complexity index is 798. The molecule has 0 aromatic heterocycles. The van der Waals surface area contributed by atoms with Gasteiger partial charge in [0, 0.05) is 24.3 Å². The number of amides is 1. The standard InChI is InChI=1S/C20H22N2O/c1-12-11-20(2)18(14-8-6-10-16(21-3)17(12)14)13-7-4-5-9-15(13)22-19(20)23/h4-10,12,18,21H,11H2,1-3H3,(H,22,23)/t12-,18-,20+/m0/s1. The largest absolute Gasteiger partial charge is 0.388 e. The van der Waals surface area contributed by atoms with E-state index in [1.54, 1.807) is 0 Å². The van der Waals surface area contributed by atoms with Gasteiger partial charge in [0.2, 0.25) is 5.91 Å². The van der Waals surface area contributed by atoms with E-state index in [-0.39, 0.29) is 11.8 Å². The van der Waals surface area contributed by atoms with Crippen molar-refractivity contribution in [2.24, 2.45) is 5.41 Å². The highest BCUT2D eigenvalue weighted by atomic mass is 16.2. The molecular weight excluding hydrogens is 284 g/mol.